The molecule has 2 rings (SSSR count). The zero-order valence-electron chi connectivity index (χ0n) is 12.0. The Labute approximate surface area is 112 Å². The van der Waals surface area contributed by atoms with Crippen molar-refractivity contribution in [1.29, 1.82) is 0 Å². The molecule has 0 bridgehead atoms. The molecule has 4 heteroatoms. The van der Waals surface area contributed by atoms with E-state index in [1.165, 1.54) is 26.1 Å². The fraction of sp³-hybridized carbons (Fsp3) is 1.00. The van der Waals surface area contributed by atoms with Gasteiger partial charge >= 0.3 is 0 Å². The summed E-state index contributed by atoms with van der Waals surface area (Å²) in [6.45, 7) is 14.6. The van der Waals surface area contributed by atoms with E-state index in [2.05, 4.69) is 29.0 Å². The van der Waals surface area contributed by atoms with Crippen molar-refractivity contribution < 1.29 is 4.74 Å². The third-order valence-electron chi connectivity index (χ3n) is 4.29. The molecule has 0 aromatic heterocycles. The monoisotopic (exact) mass is 255 g/mol. The number of likely N-dealkylation sites (N-methyl/N-ethyl adjacent to an activating group) is 1. The summed E-state index contributed by atoms with van der Waals surface area (Å²) in [5.41, 5.74) is 0. The second-order valence-electron chi connectivity index (χ2n) is 5.59. The SMILES string of the molecule is CCN1CCC(CNCC2CN(CC)CCO2)C1. The minimum Gasteiger partial charge on any atom is -0.374 e. The second kappa shape index (κ2) is 7.43. The van der Waals surface area contributed by atoms with Crippen molar-refractivity contribution in [2.75, 3.05) is 59.0 Å². The van der Waals surface area contributed by atoms with Gasteiger partial charge in [0.1, 0.15) is 0 Å². The maximum Gasteiger partial charge on any atom is 0.0826 e. The van der Waals surface area contributed by atoms with Crippen molar-refractivity contribution >= 4 is 0 Å². The lowest BCUT2D eigenvalue weighted by Crippen LogP contribution is -2.47. The molecule has 2 fully saturated rings. The largest absolute Gasteiger partial charge is 0.374 e. The van der Waals surface area contributed by atoms with Crippen LogP contribution in [0.5, 0.6) is 0 Å². The summed E-state index contributed by atoms with van der Waals surface area (Å²) in [4.78, 5) is 5.02. The van der Waals surface area contributed by atoms with Gasteiger partial charge in [0, 0.05) is 26.2 Å². The van der Waals surface area contributed by atoms with Crippen LogP contribution in [0.15, 0.2) is 0 Å². The summed E-state index contributed by atoms with van der Waals surface area (Å²) in [5.74, 6) is 0.843. The summed E-state index contributed by atoms with van der Waals surface area (Å²) >= 11 is 0. The Bertz CT molecular complexity index is 237. The van der Waals surface area contributed by atoms with E-state index >= 15 is 0 Å². The molecule has 1 N–H and O–H groups in total. The Balaban J connectivity index is 1.58. The van der Waals surface area contributed by atoms with Crippen LogP contribution in [0.1, 0.15) is 20.3 Å². The van der Waals surface area contributed by atoms with E-state index in [9.17, 15) is 0 Å². The van der Waals surface area contributed by atoms with Crippen LogP contribution >= 0.6 is 0 Å². The number of rotatable bonds is 6. The molecular formula is C14H29N3O. The summed E-state index contributed by atoms with van der Waals surface area (Å²) in [7, 11) is 0. The highest BCUT2D eigenvalue weighted by atomic mass is 16.5. The van der Waals surface area contributed by atoms with E-state index in [0.717, 1.165) is 45.2 Å². The first-order chi connectivity index (χ1) is 8.81. The van der Waals surface area contributed by atoms with Gasteiger partial charge in [-0.1, -0.05) is 13.8 Å². The highest BCUT2D eigenvalue weighted by molar-refractivity contribution is 4.78. The van der Waals surface area contributed by atoms with Crippen LogP contribution in [0.2, 0.25) is 0 Å². The van der Waals surface area contributed by atoms with Crippen molar-refractivity contribution in [3.63, 3.8) is 0 Å². The molecular weight excluding hydrogens is 226 g/mol. The zero-order valence-corrected chi connectivity index (χ0v) is 12.0. The van der Waals surface area contributed by atoms with E-state index in [1.807, 2.05) is 0 Å². The number of morpholine rings is 1. The molecule has 0 aromatic rings. The third kappa shape index (κ3) is 4.19. The predicted molar refractivity (Wildman–Crippen MR) is 74.9 cm³/mol. The maximum absolute atomic E-state index is 5.80. The Morgan fingerprint density at radius 2 is 1.83 bits per heavy atom. The topological polar surface area (TPSA) is 27.7 Å². The van der Waals surface area contributed by atoms with E-state index < -0.39 is 0 Å². The van der Waals surface area contributed by atoms with Gasteiger partial charge < -0.3 is 15.0 Å². The molecule has 0 amide bonds. The highest BCUT2D eigenvalue weighted by Gasteiger charge is 2.22. The number of nitrogens with zero attached hydrogens (tertiary/aromatic N) is 2. The number of ether oxygens (including phenoxy) is 1. The first kappa shape index (κ1) is 14.3. The molecule has 2 aliphatic rings. The molecule has 0 radical (unpaired) electrons. The Morgan fingerprint density at radius 1 is 1.06 bits per heavy atom. The van der Waals surface area contributed by atoms with E-state index in [1.54, 1.807) is 0 Å². The summed E-state index contributed by atoms with van der Waals surface area (Å²) < 4.78 is 5.80. The number of likely N-dealkylation sites (tertiary alicyclic amines) is 1. The minimum atomic E-state index is 0.391. The Hall–Kier alpha value is -0.160. The van der Waals surface area contributed by atoms with E-state index in [0.29, 0.717) is 6.10 Å². The molecule has 18 heavy (non-hydrogen) atoms. The van der Waals surface area contributed by atoms with Crippen LogP contribution in [-0.4, -0.2) is 74.9 Å². The standard InChI is InChI=1S/C14H29N3O/c1-3-16-6-5-13(11-16)9-15-10-14-12-17(4-2)7-8-18-14/h13-15H,3-12H2,1-2H3. The lowest BCUT2D eigenvalue weighted by molar-refractivity contribution is -0.0254. The average molecular weight is 255 g/mol. The Kier molecular flexibility index (Phi) is 5.89. The van der Waals surface area contributed by atoms with Crippen LogP contribution in [0.4, 0.5) is 0 Å². The van der Waals surface area contributed by atoms with Crippen LogP contribution in [-0.2, 0) is 4.74 Å². The fourth-order valence-corrected chi connectivity index (χ4v) is 3.01. The lowest BCUT2D eigenvalue weighted by Gasteiger charge is -2.32. The second-order valence-corrected chi connectivity index (χ2v) is 5.59. The molecule has 2 saturated heterocycles. The van der Waals surface area contributed by atoms with Gasteiger partial charge in [-0.15, -0.1) is 0 Å². The molecule has 0 saturated carbocycles. The fourth-order valence-electron chi connectivity index (χ4n) is 3.01. The number of hydrogen-bond donors (Lipinski definition) is 1. The average Bonchev–Trinajstić information content (AvgIpc) is 2.87. The first-order valence-electron chi connectivity index (χ1n) is 7.58. The molecule has 4 nitrogen and oxygen atoms in total. The van der Waals surface area contributed by atoms with Crippen LogP contribution in [0.3, 0.4) is 0 Å². The summed E-state index contributed by atoms with van der Waals surface area (Å²) in [6, 6.07) is 0. The minimum absolute atomic E-state index is 0.391. The van der Waals surface area contributed by atoms with Gasteiger partial charge in [0.15, 0.2) is 0 Å². The normalized spacial score (nSPS) is 31.0. The molecule has 2 atom stereocenters. The van der Waals surface area contributed by atoms with Crippen molar-refractivity contribution in [1.82, 2.24) is 15.1 Å². The van der Waals surface area contributed by atoms with Crippen molar-refractivity contribution in [2.45, 2.75) is 26.4 Å². The molecule has 0 aromatic carbocycles. The van der Waals surface area contributed by atoms with Crippen molar-refractivity contribution in [3.05, 3.63) is 0 Å². The highest BCUT2D eigenvalue weighted by Crippen LogP contribution is 2.14. The van der Waals surface area contributed by atoms with Crippen molar-refractivity contribution in [2.24, 2.45) is 5.92 Å². The molecule has 106 valence electrons. The molecule has 2 heterocycles. The van der Waals surface area contributed by atoms with Gasteiger partial charge in [-0.3, -0.25) is 4.90 Å². The Morgan fingerprint density at radius 3 is 2.56 bits per heavy atom. The van der Waals surface area contributed by atoms with Gasteiger partial charge in [-0.05, 0) is 38.5 Å². The smallest absolute Gasteiger partial charge is 0.0826 e. The predicted octanol–water partition coefficient (Wildman–Crippen LogP) is 0.639. The molecule has 0 aliphatic carbocycles. The van der Waals surface area contributed by atoms with E-state index in [4.69, 9.17) is 4.74 Å². The first-order valence-corrected chi connectivity index (χ1v) is 7.58. The van der Waals surface area contributed by atoms with Crippen LogP contribution in [0.25, 0.3) is 0 Å². The van der Waals surface area contributed by atoms with Crippen molar-refractivity contribution in [3.8, 4) is 0 Å². The lowest BCUT2D eigenvalue weighted by atomic mass is 10.1. The van der Waals surface area contributed by atoms with Gasteiger partial charge in [-0.25, -0.2) is 0 Å². The van der Waals surface area contributed by atoms with Crippen LogP contribution in [0, 0.1) is 5.92 Å². The quantitative estimate of drug-likeness (QED) is 0.754. The molecule has 2 unspecified atom stereocenters. The van der Waals surface area contributed by atoms with Gasteiger partial charge in [0.25, 0.3) is 0 Å². The third-order valence-corrected chi connectivity index (χ3v) is 4.29. The summed E-state index contributed by atoms with van der Waals surface area (Å²) in [5, 5.41) is 3.61. The van der Waals surface area contributed by atoms with E-state index in [-0.39, 0.29) is 0 Å². The number of nitrogens with one attached hydrogen (secondary N) is 1. The van der Waals surface area contributed by atoms with Crippen LogP contribution < -0.4 is 5.32 Å². The van der Waals surface area contributed by atoms with Gasteiger partial charge in [0.2, 0.25) is 0 Å². The zero-order chi connectivity index (χ0) is 12.8. The number of hydrogen-bond acceptors (Lipinski definition) is 4. The maximum atomic E-state index is 5.80. The summed E-state index contributed by atoms with van der Waals surface area (Å²) in [6.07, 6.45) is 1.75. The molecule has 0 spiro atoms. The van der Waals surface area contributed by atoms with Gasteiger partial charge in [-0.2, -0.15) is 0 Å². The van der Waals surface area contributed by atoms with Gasteiger partial charge in [0.05, 0.1) is 12.7 Å². The molecule has 2 aliphatic heterocycles.